The molecule has 0 unspecified atom stereocenters. The van der Waals surface area contributed by atoms with Crippen molar-refractivity contribution >= 4 is 0 Å². The second-order valence-electron chi connectivity index (χ2n) is 3.58. The summed E-state index contributed by atoms with van der Waals surface area (Å²) in [4.78, 5) is 3.77. The van der Waals surface area contributed by atoms with E-state index < -0.39 is 17.5 Å². The van der Waals surface area contributed by atoms with Crippen LogP contribution < -0.4 is 0 Å². The first-order valence-electron chi connectivity index (χ1n) is 5.02. The summed E-state index contributed by atoms with van der Waals surface area (Å²) in [5.74, 6) is -0.938. The molecule has 19 heavy (non-hydrogen) atoms. The van der Waals surface area contributed by atoms with Crippen LogP contribution in [0.15, 0.2) is 22.7 Å². The molecule has 0 aliphatic carbocycles. The summed E-state index contributed by atoms with van der Waals surface area (Å²) >= 11 is 0. The molecule has 2 aromatic rings. The molecule has 8 heteroatoms. The zero-order valence-corrected chi connectivity index (χ0v) is 9.27. The topological polar surface area (TPSA) is 82.9 Å². The third-order valence-electron chi connectivity index (χ3n) is 2.26. The van der Waals surface area contributed by atoms with E-state index in [4.69, 9.17) is 5.26 Å². The monoisotopic (exact) mass is 269 g/mol. The van der Waals surface area contributed by atoms with Crippen LogP contribution in [-0.2, 0) is 12.6 Å². The molecular weight excluding hydrogens is 263 g/mol. The average molecular weight is 269 g/mol. The van der Waals surface area contributed by atoms with Crippen molar-refractivity contribution in [3.8, 4) is 23.2 Å². The van der Waals surface area contributed by atoms with Crippen LogP contribution in [0.3, 0.4) is 0 Å². The van der Waals surface area contributed by atoms with Crippen LogP contribution in [0.25, 0.3) is 11.4 Å². The van der Waals surface area contributed by atoms with Crippen LogP contribution in [0.2, 0.25) is 0 Å². The van der Waals surface area contributed by atoms with Gasteiger partial charge in [-0.3, -0.25) is 0 Å². The molecule has 0 saturated carbocycles. The summed E-state index contributed by atoms with van der Waals surface area (Å²) in [5, 5.41) is 21.1. The molecule has 5 nitrogen and oxygen atoms in total. The molecule has 0 aliphatic heterocycles. The number of phenolic OH excluding ortho intramolecular Hbond substituents is 1. The van der Waals surface area contributed by atoms with Crippen molar-refractivity contribution in [2.45, 2.75) is 12.6 Å². The molecule has 0 saturated heterocycles. The molecule has 0 fully saturated rings. The van der Waals surface area contributed by atoms with Gasteiger partial charge in [0.1, 0.15) is 12.2 Å². The Kier molecular flexibility index (Phi) is 3.12. The van der Waals surface area contributed by atoms with Gasteiger partial charge in [-0.25, -0.2) is 0 Å². The Labute approximate surface area is 104 Å². The second kappa shape index (κ2) is 4.61. The summed E-state index contributed by atoms with van der Waals surface area (Å²) in [6, 6.07) is 4.62. The summed E-state index contributed by atoms with van der Waals surface area (Å²) in [6.45, 7) is 0. The Morgan fingerprint density at radius 2 is 2.11 bits per heavy atom. The fourth-order valence-electron chi connectivity index (χ4n) is 1.41. The number of aromatic nitrogens is 2. The fourth-order valence-corrected chi connectivity index (χ4v) is 1.41. The molecule has 1 heterocycles. The van der Waals surface area contributed by atoms with E-state index in [9.17, 15) is 18.3 Å². The SMILES string of the molecule is N#CCc1nc(-c2ccc(O)c(C(F)(F)F)c2)no1. The highest BCUT2D eigenvalue weighted by molar-refractivity contribution is 5.58. The standard InChI is InChI=1S/C11H6F3N3O2/c12-11(13,14)7-5-6(1-2-8(7)18)10-16-9(3-4-15)19-17-10/h1-2,5,18H,3H2. The number of aromatic hydroxyl groups is 1. The Morgan fingerprint density at radius 3 is 2.74 bits per heavy atom. The highest BCUT2D eigenvalue weighted by Gasteiger charge is 2.34. The van der Waals surface area contributed by atoms with Crippen molar-refractivity contribution in [3.63, 3.8) is 0 Å². The first-order chi connectivity index (χ1) is 8.91. The minimum Gasteiger partial charge on any atom is -0.507 e. The minimum absolute atomic E-state index is 0.0131. The van der Waals surface area contributed by atoms with Gasteiger partial charge in [0.25, 0.3) is 0 Å². The Bertz CT molecular complexity index is 643. The van der Waals surface area contributed by atoms with Crippen molar-refractivity contribution in [2.24, 2.45) is 0 Å². The number of hydrogen-bond acceptors (Lipinski definition) is 5. The quantitative estimate of drug-likeness (QED) is 0.905. The molecule has 2 rings (SSSR count). The molecular formula is C11H6F3N3O2. The van der Waals surface area contributed by atoms with E-state index in [1.165, 1.54) is 6.07 Å². The summed E-state index contributed by atoms with van der Waals surface area (Å²) in [6.07, 6.45) is -4.81. The molecule has 98 valence electrons. The first-order valence-corrected chi connectivity index (χ1v) is 5.02. The van der Waals surface area contributed by atoms with Gasteiger partial charge in [0, 0.05) is 5.56 Å². The number of halogens is 3. The lowest BCUT2D eigenvalue weighted by atomic mass is 10.1. The molecule has 1 N–H and O–H groups in total. The van der Waals surface area contributed by atoms with Crippen molar-refractivity contribution in [3.05, 3.63) is 29.7 Å². The normalized spacial score (nSPS) is 11.3. The average Bonchev–Trinajstić information content (AvgIpc) is 2.77. The number of rotatable bonds is 2. The van der Waals surface area contributed by atoms with E-state index in [2.05, 4.69) is 14.7 Å². The van der Waals surface area contributed by atoms with Gasteiger partial charge >= 0.3 is 6.18 Å². The van der Waals surface area contributed by atoms with Gasteiger partial charge in [0.05, 0.1) is 11.6 Å². The van der Waals surface area contributed by atoms with Crippen LogP contribution in [0, 0.1) is 11.3 Å². The van der Waals surface area contributed by atoms with Crippen molar-refractivity contribution in [1.82, 2.24) is 10.1 Å². The van der Waals surface area contributed by atoms with Crippen molar-refractivity contribution in [1.29, 1.82) is 5.26 Å². The molecule has 0 spiro atoms. The van der Waals surface area contributed by atoms with Gasteiger partial charge < -0.3 is 9.63 Å². The largest absolute Gasteiger partial charge is 0.507 e. The molecule has 0 atom stereocenters. The number of nitrogens with zero attached hydrogens (tertiary/aromatic N) is 3. The number of nitriles is 1. The highest BCUT2D eigenvalue weighted by atomic mass is 19.4. The predicted molar refractivity (Wildman–Crippen MR) is 55.7 cm³/mol. The fraction of sp³-hybridized carbons (Fsp3) is 0.182. The van der Waals surface area contributed by atoms with E-state index in [1.54, 1.807) is 6.07 Å². The molecule has 0 aliphatic rings. The second-order valence-corrected chi connectivity index (χ2v) is 3.58. The predicted octanol–water partition coefficient (Wildman–Crippen LogP) is 2.53. The number of phenols is 1. The van der Waals surface area contributed by atoms with Crippen LogP contribution in [0.1, 0.15) is 11.5 Å². The molecule has 0 amide bonds. The summed E-state index contributed by atoms with van der Waals surface area (Å²) in [5.41, 5.74) is -1.14. The van der Waals surface area contributed by atoms with Crippen LogP contribution >= 0.6 is 0 Å². The third kappa shape index (κ3) is 2.65. The van der Waals surface area contributed by atoms with E-state index in [0.717, 1.165) is 12.1 Å². The van der Waals surface area contributed by atoms with Crippen LogP contribution in [-0.4, -0.2) is 15.2 Å². The zero-order valence-electron chi connectivity index (χ0n) is 9.27. The molecule has 0 bridgehead atoms. The maximum absolute atomic E-state index is 12.6. The van der Waals surface area contributed by atoms with Crippen LogP contribution in [0.5, 0.6) is 5.75 Å². The lowest BCUT2D eigenvalue weighted by molar-refractivity contribution is -0.138. The van der Waals surface area contributed by atoms with Gasteiger partial charge in [0.15, 0.2) is 0 Å². The molecule has 1 aromatic heterocycles. The van der Waals surface area contributed by atoms with Crippen molar-refractivity contribution < 1.29 is 22.8 Å². The third-order valence-corrected chi connectivity index (χ3v) is 2.26. The van der Waals surface area contributed by atoms with Gasteiger partial charge in [0.2, 0.25) is 11.7 Å². The minimum atomic E-state index is -4.68. The van der Waals surface area contributed by atoms with Gasteiger partial charge in [-0.1, -0.05) is 5.16 Å². The van der Waals surface area contributed by atoms with E-state index >= 15 is 0 Å². The molecule has 0 radical (unpaired) electrons. The Morgan fingerprint density at radius 1 is 1.37 bits per heavy atom. The number of alkyl halides is 3. The Hall–Kier alpha value is -2.56. The van der Waals surface area contributed by atoms with Crippen molar-refractivity contribution in [2.75, 3.05) is 0 Å². The summed E-state index contributed by atoms with van der Waals surface area (Å²) < 4.78 is 42.5. The lowest BCUT2D eigenvalue weighted by Gasteiger charge is -2.09. The maximum atomic E-state index is 12.6. The van der Waals surface area contributed by atoms with E-state index in [-0.39, 0.29) is 23.7 Å². The maximum Gasteiger partial charge on any atom is 0.419 e. The van der Waals surface area contributed by atoms with Gasteiger partial charge in [-0.2, -0.15) is 23.4 Å². The number of hydrogen-bond donors (Lipinski definition) is 1. The summed E-state index contributed by atoms with van der Waals surface area (Å²) in [7, 11) is 0. The number of benzene rings is 1. The first kappa shape index (κ1) is 12.9. The van der Waals surface area contributed by atoms with Crippen LogP contribution in [0.4, 0.5) is 13.2 Å². The van der Waals surface area contributed by atoms with Gasteiger partial charge in [-0.05, 0) is 18.2 Å². The zero-order chi connectivity index (χ0) is 14.0. The van der Waals surface area contributed by atoms with E-state index in [0.29, 0.717) is 0 Å². The van der Waals surface area contributed by atoms with Gasteiger partial charge in [-0.15, -0.1) is 0 Å². The smallest absolute Gasteiger partial charge is 0.419 e. The molecule has 1 aromatic carbocycles. The highest BCUT2D eigenvalue weighted by Crippen LogP contribution is 2.37. The Balaban J connectivity index is 2.43. The lowest BCUT2D eigenvalue weighted by Crippen LogP contribution is -2.05. The van der Waals surface area contributed by atoms with E-state index in [1.807, 2.05) is 0 Å².